The molecule has 1 fully saturated rings. The van der Waals surface area contributed by atoms with Crippen molar-refractivity contribution in [1.29, 1.82) is 0 Å². The zero-order valence-corrected chi connectivity index (χ0v) is 11.7. The normalized spacial score (nSPS) is 20.2. The van der Waals surface area contributed by atoms with Gasteiger partial charge in [0.15, 0.2) is 0 Å². The zero-order valence-electron chi connectivity index (χ0n) is 11.7. The van der Waals surface area contributed by atoms with E-state index in [1.54, 1.807) is 0 Å². The number of aliphatic hydroxyl groups is 1. The van der Waals surface area contributed by atoms with Crippen LogP contribution >= 0.6 is 0 Å². The third kappa shape index (κ3) is 2.75. The number of hydrogen-bond donors (Lipinski definition) is 1. The van der Waals surface area contributed by atoms with E-state index in [4.69, 9.17) is 4.42 Å². The van der Waals surface area contributed by atoms with E-state index >= 15 is 0 Å². The predicted molar refractivity (Wildman–Crippen MR) is 70.3 cm³/mol. The molecule has 2 rings (SSSR count). The third-order valence-electron chi connectivity index (χ3n) is 4.43. The van der Waals surface area contributed by atoms with Gasteiger partial charge in [-0.05, 0) is 51.6 Å². The molecule has 0 bridgehead atoms. The first-order valence-corrected chi connectivity index (χ1v) is 6.85. The number of rotatable bonds is 4. The van der Waals surface area contributed by atoms with E-state index in [1.165, 1.54) is 0 Å². The Labute approximate surface area is 109 Å². The molecule has 1 aromatic heterocycles. The molecule has 0 spiro atoms. The topological polar surface area (TPSA) is 49.5 Å². The van der Waals surface area contributed by atoms with Gasteiger partial charge >= 0.3 is 0 Å². The second-order valence-electron chi connectivity index (χ2n) is 5.54. The lowest BCUT2D eigenvalue weighted by molar-refractivity contribution is 0.0354. The van der Waals surface area contributed by atoms with Crippen LogP contribution in [0.1, 0.15) is 43.5 Å². The second-order valence-corrected chi connectivity index (χ2v) is 5.54. The fourth-order valence-electron chi connectivity index (χ4n) is 2.61. The van der Waals surface area contributed by atoms with Crippen molar-refractivity contribution in [2.75, 3.05) is 19.7 Å². The molecule has 0 aromatic carbocycles. The average Bonchev–Trinajstić information content (AvgIpc) is 2.70. The van der Waals surface area contributed by atoms with Crippen LogP contribution in [0.3, 0.4) is 0 Å². The van der Waals surface area contributed by atoms with E-state index in [0.717, 1.165) is 56.2 Å². The molecule has 0 unspecified atom stereocenters. The number of likely N-dealkylation sites (tertiary alicyclic amines) is 1. The van der Waals surface area contributed by atoms with Gasteiger partial charge in [-0.1, -0.05) is 6.92 Å². The number of aromatic nitrogens is 1. The second kappa shape index (κ2) is 5.41. The lowest BCUT2D eigenvalue weighted by Gasteiger charge is -2.39. The summed E-state index contributed by atoms with van der Waals surface area (Å²) < 4.78 is 5.62. The molecule has 2 heterocycles. The highest BCUT2D eigenvalue weighted by Crippen LogP contribution is 2.34. The number of piperidine rings is 1. The number of aryl methyl sites for hydroxylation is 2. The Morgan fingerprint density at radius 2 is 2.00 bits per heavy atom. The summed E-state index contributed by atoms with van der Waals surface area (Å²) in [7, 11) is 0. The van der Waals surface area contributed by atoms with Crippen molar-refractivity contribution >= 4 is 0 Å². The Morgan fingerprint density at radius 3 is 2.44 bits per heavy atom. The summed E-state index contributed by atoms with van der Waals surface area (Å²) in [6.45, 7) is 9.26. The molecule has 0 saturated carbocycles. The monoisotopic (exact) mass is 252 g/mol. The van der Waals surface area contributed by atoms with Crippen molar-refractivity contribution < 1.29 is 9.52 Å². The van der Waals surface area contributed by atoms with Crippen LogP contribution in [0.5, 0.6) is 0 Å². The molecule has 0 radical (unpaired) electrons. The van der Waals surface area contributed by atoms with Crippen molar-refractivity contribution in [3.63, 3.8) is 0 Å². The zero-order chi connectivity index (χ0) is 13.2. The van der Waals surface area contributed by atoms with E-state index in [1.807, 2.05) is 13.8 Å². The van der Waals surface area contributed by atoms with Gasteiger partial charge in [0.25, 0.3) is 0 Å². The molecule has 1 aromatic rings. The quantitative estimate of drug-likeness (QED) is 0.893. The molecule has 0 aliphatic carbocycles. The minimum Gasteiger partial charge on any atom is -0.444 e. The molecular formula is C14H24N2O2. The maximum absolute atomic E-state index is 9.51. The third-order valence-corrected chi connectivity index (χ3v) is 4.43. The van der Waals surface area contributed by atoms with Crippen LogP contribution in [0.2, 0.25) is 0 Å². The fourth-order valence-corrected chi connectivity index (χ4v) is 2.61. The van der Waals surface area contributed by atoms with Crippen molar-refractivity contribution in [3.05, 3.63) is 17.3 Å². The van der Waals surface area contributed by atoms with Crippen LogP contribution in [0, 0.1) is 19.3 Å². The molecule has 18 heavy (non-hydrogen) atoms. The summed E-state index contributed by atoms with van der Waals surface area (Å²) in [6.07, 6.45) is 3.20. The molecular weight excluding hydrogens is 228 g/mol. The Morgan fingerprint density at radius 1 is 1.33 bits per heavy atom. The van der Waals surface area contributed by atoms with Crippen molar-refractivity contribution in [2.45, 2.75) is 46.6 Å². The maximum Gasteiger partial charge on any atom is 0.208 e. The van der Waals surface area contributed by atoms with Gasteiger partial charge in [-0.15, -0.1) is 0 Å². The molecule has 4 heteroatoms. The molecule has 1 aliphatic rings. The van der Waals surface area contributed by atoms with Crippen molar-refractivity contribution in [2.24, 2.45) is 5.41 Å². The van der Waals surface area contributed by atoms with Crippen LogP contribution in [-0.2, 0) is 6.54 Å². The molecule has 0 amide bonds. The maximum atomic E-state index is 9.51. The minimum absolute atomic E-state index is 0.152. The summed E-state index contributed by atoms with van der Waals surface area (Å²) in [4.78, 5) is 6.79. The number of nitrogens with zero attached hydrogens (tertiary/aromatic N) is 2. The molecule has 1 aliphatic heterocycles. The first-order chi connectivity index (χ1) is 8.58. The first-order valence-electron chi connectivity index (χ1n) is 6.85. The Balaban J connectivity index is 1.90. The number of oxazole rings is 1. The average molecular weight is 252 g/mol. The highest BCUT2D eigenvalue weighted by Gasteiger charge is 2.32. The largest absolute Gasteiger partial charge is 0.444 e. The molecule has 0 atom stereocenters. The standard InChI is InChI=1S/C14H24N2O2/c1-4-14(10-17)5-7-16(8-6-14)9-13-15-11(2)12(3)18-13/h17H,4-10H2,1-3H3. The predicted octanol–water partition coefficient (Wildman–Crippen LogP) is 2.28. The lowest BCUT2D eigenvalue weighted by Crippen LogP contribution is -2.41. The van der Waals surface area contributed by atoms with Gasteiger partial charge in [0.1, 0.15) is 5.76 Å². The van der Waals surface area contributed by atoms with Crippen molar-refractivity contribution in [1.82, 2.24) is 9.88 Å². The van der Waals surface area contributed by atoms with Gasteiger partial charge in [0, 0.05) is 6.61 Å². The van der Waals surface area contributed by atoms with Gasteiger partial charge in [0.2, 0.25) is 5.89 Å². The van der Waals surface area contributed by atoms with E-state index in [0.29, 0.717) is 6.61 Å². The van der Waals surface area contributed by atoms with E-state index in [2.05, 4.69) is 16.8 Å². The summed E-state index contributed by atoms with van der Waals surface area (Å²) in [6, 6.07) is 0. The van der Waals surface area contributed by atoms with Gasteiger partial charge < -0.3 is 9.52 Å². The molecule has 102 valence electrons. The van der Waals surface area contributed by atoms with Crippen molar-refractivity contribution in [3.8, 4) is 0 Å². The summed E-state index contributed by atoms with van der Waals surface area (Å²) in [5.74, 6) is 1.73. The lowest BCUT2D eigenvalue weighted by atomic mass is 9.77. The van der Waals surface area contributed by atoms with E-state index in [9.17, 15) is 5.11 Å². The minimum atomic E-state index is 0.152. The highest BCUT2D eigenvalue weighted by molar-refractivity contribution is 5.05. The van der Waals surface area contributed by atoms with Gasteiger partial charge in [-0.3, -0.25) is 4.90 Å². The summed E-state index contributed by atoms with van der Waals surface area (Å²) in [5.41, 5.74) is 1.14. The van der Waals surface area contributed by atoms with Crippen LogP contribution < -0.4 is 0 Å². The Kier molecular flexibility index (Phi) is 4.07. The van der Waals surface area contributed by atoms with Crippen LogP contribution in [0.4, 0.5) is 0 Å². The van der Waals surface area contributed by atoms with Gasteiger partial charge in [-0.25, -0.2) is 4.98 Å². The van der Waals surface area contributed by atoms with E-state index in [-0.39, 0.29) is 5.41 Å². The Bertz CT molecular complexity index is 367. The van der Waals surface area contributed by atoms with Crippen LogP contribution in [0.15, 0.2) is 4.42 Å². The number of aliphatic hydroxyl groups excluding tert-OH is 1. The van der Waals surface area contributed by atoms with E-state index < -0.39 is 0 Å². The fraction of sp³-hybridized carbons (Fsp3) is 0.786. The van der Waals surface area contributed by atoms with Gasteiger partial charge in [0.05, 0.1) is 12.2 Å². The molecule has 1 N–H and O–H groups in total. The van der Waals surface area contributed by atoms with Crippen LogP contribution in [-0.4, -0.2) is 34.7 Å². The summed E-state index contributed by atoms with van der Waals surface area (Å²) in [5, 5.41) is 9.51. The highest BCUT2D eigenvalue weighted by atomic mass is 16.4. The first kappa shape index (κ1) is 13.6. The molecule has 1 saturated heterocycles. The smallest absolute Gasteiger partial charge is 0.208 e. The SMILES string of the molecule is CCC1(CO)CCN(Cc2nc(C)c(C)o2)CC1. The van der Waals surface area contributed by atoms with Gasteiger partial charge in [-0.2, -0.15) is 0 Å². The number of hydrogen-bond acceptors (Lipinski definition) is 4. The molecule has 4 nitrogen and oxygen atoms in total. The Hall–Kier alpha value is -0.870. The summed E-state index contributed by atoms with van der Waals surface area (Å²) >= 11 is 0. The van der Waals surface area contributed by atoms with Crippen LogP contribution in [0.25, 0.3) is 0 Å².